The average molecular weight is 553 g/mol. The van der Waals surface area contributed by atoms with Gasteiger partial charge in [-0.2, -0.15) is 0 Å². The van der Waals surface area contributed by atoms with Crippen LogP contribution in [-0.2, 0) is 25.9 Å². The largest absolute Gasteiger partial charge is 0.357 e. The Morgan fingerprint density at radius 1 is 1.12 bits per heavy atom. The predicted octanol–water partition coefficient (Wildman–Crippen LogP) is 3.01. The number of carbonyl (C=O) groups is 1. The minimum Gasteiger partial charge on any atom is -0.357 e. The molecule has 2 heterocycles. The van der Waals surface area contributed by atoms with Crippen LogP contribution in [0.5, 0.6) is 0 Å². The van der Waals surface area contributed by atoms with Crippen LogP contribution in [0.3, 0.4) is 0 Å². The molecule has 0 aliphatic carbocycles. The molecule has 1 amide bonds. The molecular weight excluding hydrogens is 517 g/mol. The first-order chi connectivity index (χ1) is 15.1. The van der Waals surface area contributed by atoms with Crippen molar-refractivity contribution in [1.82, 2.24) is 30.3 Å². The van der Waals surface area contributed by atoms with E-state index in [1.807, 2.05) is 24.3 Å². The zero-order valence-corrected chi connectivity index (χ0v) is 21.8. The van der Waals surface area contributed by atoms with E-state index in [0.717, 1.165) is 62.1 Å². The number of rotatable bonds is 8. The standard InChI is InChI=1S/C23H35N7O.HI/c1-4-24-23(26-17-18-11-13-19(14-12-18)22(31)29(2)3)25-15-8-10-21-28-27-20-9-6-5-7-16-30(20)21;/h11-14H,4-10,15-17H2,1-3H3,(H2,24,25,26);1H. The lowest BCUT2D eigenvalue weighted by molar-refractivity contribution is 0.0827. The second-order valence-electron chi connectivity index (χ2n) is 8.12. The van der Waals surface area contributed by atoms with Crippen molar-refractivity contribution in [3.05, 3.63) is 47.0 Å². The molecule has 8 nitrogen and oxygen atoms in total. The van der Waals surface area contributed by atoms with Gasteiger partial charge in [0.05, 0.1) is 6.54 Å². The maximum atomic E-state index is 12.0. The number of halogens is 1. The Balaban J connectivity index is 0.00000363. The number of nitrogens with zero attached hydrogens (tertiary/aromatic N) is 5. The quantitative estimate of drug-likeness (QED) is 0.227. The van der Waals surface area contributed by atoms with E-state index in [-0.39, 0.29) is 29.9 Å². The third-order valence-corrected chi connectivity index (χ3v) is 5.43. The molecule has 32 heavy (non-hydrogen) atoms. The molecule has 0 bridgehead atoms. The number of fused-ring (bicyclic) bond motifs is 1. The highest BCUT2D eigenvalue weighted by Gasteiger charge is 2.14. The molecule has 0 unspecified atom stereocenters. The second kappa shape index (κ2) is 13.4. The molecule has 2 aromatic rings. The number of guanidine groups is 1. The number of hydrogen-bond donors (Lipinski definition) is 2. The van der Waals surface area contributed by atoms with Crippen LogP contribution in [0, 0.1) is 0 Å². The van der Waals surface area contributed by atoms with Gasteiger partial charge in [-0.25, -0.2) is 4.99 Å². The monoisotopic (exact) mass is 553 g/mol. The van der Waals surface area contributed by atoms with E-state index in [9.17, 15) is 4.79 Å². The van der Waals surface area contributed by atoms with Gasteiger partial charge in [-0.15, -0.1) is 34.2 Å². The molecule has 2 N–H and O–H groups in total. The van der Waals surface area contributed by atoms with Crippen LogP contribution in [0.15, 0.2) is 29.3 Å². The first-order valence-electron chi connectivity index (χ1n) is 11.3. The Bertz CT molecular complexity index is 877. The summed E-state index contributed by atoms with van der Waals surface area (Å²) in [5.41, 5.74) is 1.76. The molecule has 3 rings (SSSR count). The lowest BCUT2D eigenvalue weighted by atomic mass is 10.1. The molecule has 0 saturated carbocycles. The van der Waals surface area contributed by atoms with Crippen molar-refractivity contribution in [3.63, 3.8) is 0 Å². The summed E-state index contributed by atoms with van der Waals surface area (Å²) in [6, 6.07) is 7.63. The minimum absolute atomic E-state index is 0. The third-order valence-electron chi connectivity index (χ3n) is 5.43. The van der Waals surface area contributed by atoms with Crippen LogP contribution in [0.1, 0.15) is 60.2 Å². The maximum Gasteiger partial charge on any atom is 0.253 e. The van der Waals surface area contributed by atoms with Crippen LogP contribution < -0.4 is 10.6 Å². The predicted molar refractivity (Wildman–Crippen MR) is 139 cm³/mol. The van der Waals surface area contributed by atoms with Gasteiger partial charge < -0.3 is 20.1 Å². The van der Waals surface area contributed by atoms with E-state index < -0.39 is 0 Å². The van der Waals surface area contributed by atoms with E-state index >= 15 is 0 Å². The summed E-state index contributed by atoms with van der Waals surface area (Å²) >= 11 is 0. The molecule has 0 fully saturated rings. The van der Waals surface area contributed by atoms with Gasteiger partial charge >= 0.3 is 0 Å². The molecule has 176 valence electrons. The number of hydrogen-bond acceptors (Lipinski definition) is 4. The fourth-order valence-corrected chi connectivity index (χ4v) is 3.71. The Hall–Kier alpha value is -2.17. The molecule has 1 aromatic carbocycles. The van der Waals surface area contributed by atoms with E-state index in [2.05, 4.69) is 37.3 Å². The highest BCUT2D eigenvalue weighted by atomic mass is 127. The van der Waals surface area contributed by atoms with Crippen LogP contribution in [0.2, 0.25) is 0 Å². The van der Waals surface area contributed by atoms with E-state index in [0.29, 0.717) is 12.1 Å². The van der Waals surface area contributed by atoms with Crippen LogP contribution in [0.25, 0.3) is 0 Å². The molecule has 0 saturated heterocycles. The van der Waals surface area contributed by atoms with Crippen LogP contribution >= 0.6 is 24.0 Å². The summed E-state index contributed by atoms with van der Waals surface area (Å²) in [4.78, 5) is 18.3. The van der Waals surface area contributed by atoms with Gasteiger partial charge in [0.25, 0.3) is 5.91 Å². The zero-order valence-electron chi connectivity index (χ0n) is 19.4. The Labute approximate surface area is 208 Å². The van der Waals surface area contributed by atoms with Crippen molar-refractivity contribution >= 4 is 35.8 Å². The SMILES string of the molecule is CCNC(=NCc1ccc(C(=O)N(C)C)cc1)NCCCc1nnc2n1CCCCC2.I. The molecule has 1 aliphatic heterocycles. The highest BCUT2D eigenvalue weighted by Crippen LogP contribution is 2.15. The van der Waals surface area contributed by atoms with Gasteiger partial charge in [0.15, 0.2) is 5.96 Å². The molecule has 1 aliphatic rings. The number of benzene rings is 1. The van der Waals surface area contributed by atoms with Crippen molar-refractivity contribution in [1.29, 1.82) is 0 Å². The van der Waals surface area contributed by atoms with Gasteiger partial charge in [0.1, 0.15) is 11.6 Å². The highest BCUT2D eigenvalue weighted by molar-refractivity contribution is 14.0. The summed E-state index contributed by atoms with van der Waals surface area (Å²) in [6.45, 7) is 5.30. The van der Waals surface area contributed by atoms with Crippen molar-refractivity contribution < 1.29 is 4.79 Å². The minimum atomic E-state index is 0. The number of aromatic nitrogens is 3. The summed E-state index contributed by atoms with van der Waals surface area (Å²) in [5, 5.41) is 15.5. The Morgan fingerprint density at radius 2 is 1.91 bits per heavy atom. The number of amides is 1. The molecule has 9 heteroatoms. The molecular formula is C23H36IN7O. The Morgan fingerprint density at radius 3 is 2.62 bits per heavy atom. The lowest BCUT2D eigenvalue weighted by Crippen LogP contribution is -2.37. The molecule has 0 radical (unpaired) electrons. The van der Waals surface area contributed by atoms with Crippen molar-refractivity contribution in [2.75, 3.05) is 27.2 Å². The van der Waals surface area contributed by atoms with E-state index in [1.165, 1.54) is 19.3 Å². The first-order valence-corrected chi connectivity index (χ1v) is 11.3. The molecule has 1 aromatic heterocycles. The molecule has 0 spiro atoms. The summed E-state index contributed by atoms with van der Waals surface area (Å²) in [6.07, 6.45) is 6.66. The summed E-state index contributed by atoms with van der Waals surface area (Å²) < 4.78 is 2.32. The number of carbonyl (C=O) groups excluding carboxylic acids is 1. The maximum absolute atomic E-state index is 12.0. The first kappa shape index (κ1) is 26.1. The van der Waals surface area contributed by atoms with E-state index in [1.54, 1.807) is 19.0 Å². The van der Waals surface area contributed by atoms with Crippen LogP contribution in [0.4, 0.5) is 0 Å². The average Bonchev–Trinajstić information content (AvgIpc) is 3.00. The fraction of sp³-hybridized carbons (Fsp3) is 0.565. The topological polar surface area (TPSA) is 87.4 Å². The zero-order chi connectivity index (χ0) is 22.1. The Kier molecular flexibility index (Phi) is 10.9. The van der Waals surface area contributed by atoms with Crippen molar-refractivity contribution in [2.24, 2.45) is 4.99 Å². The van der Waals surface area contributed by atoms with Gasteiger partial charge in [0, 0.05) is 52.1 Å². The number of aryl methyl sites for hydroxylation is 2. The summed E-state index contributed by atoms with van der Waals surface area (Å²) in [7, 11) is 3.52. The van der Waals surface area contributed by atoms with Gasteiger partial charge in [-0.3, -0.25) is 4.79 Å². The van der Waals surface area contributed by atoms with Crippen molar-refractivity contribution in [3.8, 4) is 0 Å². The van der Waals surface area contributed by atoms with E-state index in [4.69, 9.17) is 0 Å². The second-order valence-corrected chi connectivity index (χ2v) is 8.12. The number of aliphatic imine (C=N–C) groups is 1. The van der Waals surface area contributed by atoms with Crippen LogP contribution in [-0.4, -0.2) is 58.7 Å². The molecule has 0 atom stereocenters. The number of nitrogens with one attached hydrogen (secondary N) is 2. The van der Waals surface area contributed by atoms with Crippen molar-refractivity contribution in [2.45, 2.75) is 58.5 Å². The summed E-state index contributed by atoms with van der Waals surface area (Å²) in [5.74, 6) is 3.06. The lowest BCUT2D eigenvalue weighted by Gasteiger charge is -2.12. The third kappa shape index (κ3) is 7.46. The fourth-order valence-electron chi connectivity index (χ4n) is 3.71. The van der Waals surface area contributed by atoms with Gasteiger partial charge in [0.2, 0.25) is 0 Å². The van der Waals surface area contributed by atoms with Gasteiger partial charge in [-0.05, 0) is 43.9 Å². The van der Waals surface area contributed by atoms with Gasteiger partial charge in [-0.1, -0.05) is 18.6 Å². The smallest absolute Gasteiger partial charge is 0.253 e. The normalized spacial score (nSPS) is 13.5.